The number of carbonyl (C=O) groups excluding carboxylic acids is 2. The summed E-state index contributed by atoms with van der Waals surface area (Å²) >= 11 is 0. The van der Waals surface area contributed by atoms with Gasteiger partial charge in [0.25, 0.3) is 0 Å². The van der Waals surface area contributed by atoms with Gasteiger partial charge in [-0.2, -0.15) is 5.26 Å². The molecular formula is C13H18N2O4. The molecule has 0 radical (unpaired) electrons. The molecule has 0 amide bonds. The quantitative estimate of drug-likeness (QED) is 0.494. The van der Waals surface area contributed by atoms with Crippen LogP contribution in [0.15, 0.2) is 0 Å². The fourth-order valence-electron chi connectivity index (χ4n) is 1.46. The summed E-state index contributed by atoms with van der Waals surface area (Å²) in [7, 11) is 0. The lowest BCUT2D eigenvalue weighted by atomic mass is 9.90. The molecular weight excluding hydrogens is 248 g/mol. The van der Waals surface area contributed by atoms with Gasteiger partial charge in [-0.05, 0) is 13.8 Å². The number of esters is 2. The van der Waals surface area contributed by atoms with Gasteiger partial charge in [0.15, 0.2) is 6.07 Å². The molecule has 6 heteroatoms. The molecule has 0 spiro atoms. The molecule has 0 atom stereocenters. The highest BCUT2D eigenvalue weighted by molar-refractivity contribution is 5.70. The summed E-state index contributed by atoms with van der Waals surface area (Å²) in [5, 5.41) is 9.09. The predicted molar refractivity (Wildman–Crippen MR) is 66.7 cm³/mol. The van der Waals surface area contributed by atoms with Crippen molar-refractivity contribution in [3.63, 3.8) is 0 Å². The van der Waals surface area contributed by atoms with Gasteiger partial charge < -0.3 is 9.47 Å². The normalized spacial score (nSPS) is 10.1. The minimum atomic E-state index is -1.36. The zero-order valence-corrected chi connectivity index (χ0v) is 11.3. The van der Waals surface area contributed by atoms with Crippen molar-refractivity contribution in [3.8, 4) is 6.07 Å². The first-order valence-electron chi connectivity index (χ1n) is 6.14. The third kappa shape index (κ3) is 6.42. The summed E-state index contributed by atoms with van der Waals surface area (Å²) in [6.07, 6.45) is 0.107. The standard InChI is InChI=1S/C13H18N2O4/c1-4-18-11(16)6-8-13(10-14,15-3)9-7-12(17)19-5-2/h4-9H2,1-2H3. The van der Waals surface area contributed by atoms with E-state index >= 15 is 0 Å². The highest BCUT2D eigenvalue weighted by Crippen LogP contribution is 2.24. The third-order valence-electron chi connectivity index (χ3n) is 2.52. The topological polar surface area (TPSA) is 80.8 Å². The number of rotatable bonds is 8. The van der Waals surface area contributed by atoms with Crippen molar-refractivity contribution in [1.82, 2.24) is 0 Å². The van der Waals surface area contributed by atoms with Crippen molar-refractivity contribution >= 4 is 11.9 Å². The number of hydrogen-bond donors (Lipinski definition) is 0. The maximum Gasteiger partial charge on any atom is 0.316 e. The van der Waals surface area contributed by atoms with Crippen LogP contribution in [0.4, 0.5) is 0 Å². The third-order valence-corrected chi connectivity index (χ3v) is 2.52. The van der Waals surface area contributed by atoms with Gasteiger partial charge in [-0.1, -0.05) is 0 Å². The van der Waals surface area contributed by atoms with Gasteiger partial charge in [-0.25, -0.2) is 6.57 Å². The lowest BCUT2D eigenvalue weighted by Gasteiger charge is -2.13. The molecule has 0 saturated heterocycles. The van der Waals surface area contributed by atoms with Crippen molar-refractivity contribution in [1.29, 1.82) is 5.26 Å². The first-order chi connectivity index (χ1) is 9.03. The van der Waals surface area contributed by atoms with Crippen LogP contribution >= 0.6 is 0 Å². The van der Waals surface area contributed by atoms with E-state index in [9.17, 15) is 9.59 Å². The predicted octanol–water partition coefficient (Wildman–Crippen LogP) is 1.85. The van der Waals surface area contributed by atoms with Gasteiger partial charge in [-0.3, -0.25) is 14.4 Å². The Hall–Kier alpha value is -2.08. The number of hydrogen-bond acceptors (Lipinski definition) is 5. The summed E-state index contributed by atoms with van der Waals surface area (Å²) in [5.41, 5.74) is -1.36. The van der Waals surface area contributed by atoms with Gasteiger partial charge in [0.1, 0.15) is 0 Å². The smallest absolute Gasteiger partial charge is 0.316 e. The molecule has 0 rings (SSSR count). The minimum Gasteiger partial charge on any atom is -0.466 e. The van der Waals surface area contributed by atoms with E-state index in [2.05, 4.69) is 4.85 Å². The van der Waals surface area contributed by atoms with E-state index in [1.54, 1.807) is 13.8 Å². The molecule has 0 aromatic rings. The Kier molecular flexibility index (Phi) is 7.95. The van der Waals surface area contributed by atoms with E-state index in [0.717, 1.165) is 0 Å². The number of nitrogens with zero attached hydrogens (tertiary/aromatic N) is 2. The van der Waals surface area contributed by atoms with E-state index < -0.39 is 17.5 Å². The van der Waals surface area contributed by atoms with Crippen LogP contribution in [0, 0.1) is 17.9 Å². The Bertz CT molecular complexity index is 354. The molecule has 0 aliphatic carbocycles. The van der Waals surface area contributed by atoms with Crippen molar-refractivity contribution in [2.24, 2.45) is 0 Å². The minimum absolute atomic E-state index is 0.00734. The highest BCUT2D eigenvalue weighted by Gasteiger charge is 2.37. The second-order valence-electron chi connectivity index (χ2n) is 3.87. The SMILES string of the molecule is [C-]#[N+]C(C#N)(CCC(=O)OCC)CCC(=O)OCC. The molecule has 6 nitrogen and oxygen atoms in total. The van der Waals surface area contributed by atoms with E-state index in [-0.39, 0.29) is 38.9 Å². The Morgan fingerprint density at radius 1 is 1.16 bits per heavy atom. The van der Waals surface area contributed by atoms with Gasteiger partial charge in [0, 0.05) is 0 Å². The molecule has 0 fully saturated rings. The van der Waals surface area contributed by atoms with Crippen LogP contribution in [-0.2, 0) is 19.1 Å². The molecule has 0 aromatic carbocycles. The molecule has 0 aliphatic rings. The molecule has 0 aliphatic heterocycles. The molecule has 0 aromatic heterocycles. The first-order valence-corrected chi connectivity index (χ1v) is 6.14. The fraction of sp³-hybridized carbons (Fsp3) is 0.692. The van der Waals surface area contributed by atoms with Crippen LogP contribution in [-0.4, -0.2) is 30.7 Å². The van der Waals surface area contributed by atoms with Crippen LogP contribution in [0.1, 0.15) is 39.5 Å². The van der Waals surface area contributed by atoms with E-state index in [4.69, 9.17) is 21.3 Å². The maximum absolute atomic E-state index is 11.2. The van der Waals surface area contributed by atoms with Crippen molar-refractivity contribution in [2.45, 2.75) is 45.1 Å². The van der Waals surface area contributed by atoms with Gasteiger partial charge >= 0.3 is 17.5 Å². The van der Waals surface area contributed by atoms with Gasteiger partial charge in [-0.15, -0.1) is 0 Å². The zero-order chi connectivity index (χ0) is 14.7. The first kappa shape index (κ1) is 16.9. The molecule has 0 heterocycles. The molecule has 0 N–H and O–H groups in total. The summed E-state index contributed by atoms with van der Waals surface area (Å²) in [5.74, 6) is -0.885. The summed E-state index contributed by atoms with van der Waals surface area (Å²) in [4.78, 5) is 25.7. The largest absolute Gasteiger partial charge is 0.466 e. The Labute approximate surface area is 113 Å². The Morgan fingerprint density at radius 2 is 1.58 bits per heavy atom. The highest BCUT2D eigenvalue weighted by atomic mass is 16.5. The lowest BCUT2D eigenvalue weighted by molar-refractivity contribution is -0.143. The van der Waals surface area contributed by atoms with Crippen molar-refractivity contribution < 1.29 is 19.1 Å². The average molecular weight is 266 g/mol. The van der Waals surface area contributed by atoms with E-state index in [1.165, 1.54) is 0 Å². The van der Waals surface area contributed by atoms with Crippen LogP contribution in [0.5, 0.6) is 0 Å². The van der Waals surface area contributed by atoms with Crippen molar-refractivity contribution in [3.05, 3.63) is 11.4 Å². The second-order valence-corrected chi connectivity index (χ2v) is 3.87. The van der Waals surface area contributed by atoms with Crippen LogP contribution in [0.2, 0.25) is 0 Å². The summed E-state index contributed by atoms with van der Waals surface area (Å²) in [6, 6.07) is 1.89. The van der Waals surface area contributed by atoms with Crippen LogP contribution in [0.25, 0.3) is 4.85 Å². The Balaban J connectivity index is 4.44. The summed E-state index contributed by atoms with van der Waals surface area (Å²) in [6.45, 7) is 11.0. The monoisotopic (exact) mass is 266 g/mol. The van der Waals surface area contributed by atoms with E-state index in [1.807, 2.05) is 6.07 Å². The number of carbonyl (C=O) groups is 2. The molecule has 19 heavy (non-hydrogen) atoms. The summed E-state index contributed by atoms with van der Waals surface area (Å²) < 4.78 is 9.50. The van der Waals surface area contributed by atoms with E-state index in [0.29, 0.717) is 0 Å². The van der Waals surface area contributed by atoms with Crippen LogP contribution < -0.4 is 0 Å². The lowest BCUT2D eigenvalue weighted by Crippen LogP contribution is -2.25. The molecule has 104 valence electrons. The zero-order valence-electron chi connectivity index (χ0n) is 11.3. The van der Waals surface area contributed by atoms with Gasteiger partial charge in [0.2, 0.25) is 0 Å². The average Bonchev–Trinajstić information content (AvgIpc) is 2.40. The Morgan fingerprint density at radius 3 is 1.84 bits per heavy atom. The molecule has 0 bridgehead atoms. The second kappa shape index (κ2) is 8.93. The molecule has 0 saturated carbocycles. The van der Waals surface area contributed by atoms with Crippen molar-refractivity contribution in [2.75, 3.05) is 13.2 Å². The fourth-order valence-corrected chi connectivity index (χ4v) is 1.46. The maximum atomic E-state index is 11.2. The molecule has 0 unspecified atom stereocenters. The van der Waals surface area contributed by atoms with Crippen LogP contribution in [0.3, 0.4) is 0 Å². The van der Waals surface area contributed by atoms with Gasteiger partial charge in [0.05, 0.1) is 38.9 Å². The number of nitriles is 1. The number of ether oxygens (including phenoxy) is 2.